The molecule has 6 heteroatoms. The lowest BCUT2D eigenvalue weighted by atomic mass is 10.0. The summed E-state index contributed by atoms with van der Waals surface area (Å²) in [5.74, 6) is 0.885. The number of halogens is 1. The molecule has 0 unspecified atom stereocenters. The number of nitrogens with zero attached hydrogens (tertiary/aromatic N) is 1. The van der Waals surface area contributed by atoms with Gasteiger partial charge in [0.15, 0.2) is 0 Å². The van der Waals surface area contributed by atoms with Gasteiger partial charge >= 0.3 is 0 Å². The van der Waals surface area contributed by atoms with Crippen LogP contribution in [0.15, 0.2) is 18.2 Å². The normalized spacial score (nSPS) is 15.8. The molecule has 1 saturated heterocycles. The summed E-state index contributed by atoms with van der Waals surface area (Å²) >= 11 is 5.93. The summed E-state index contributed by atoms with van der Waals surface area (Å²) in [6.07, 6.45) is 1.15. The number of hydrogen-bond acceptors (Lipinski definition) is 4. The van der Waals surface area contributed by atoms with Crippen molar-refractivity contribution in [2.24, 2.45) is 0 Å². The minimum atomic E-state index is -0.0592. The number of hydrogen-bond donors (Lipinski definition) is 1. The molecule has 1 amide bonds. The Bertz CT molecular complexity index is 572. The Labute approximate surface area is 155 Å². The summed E-state index contributed by atoms with van der Waals surface area (Å²) in [6.45, 7) is 10.8. The second-order valence-corrected chi connectivity index (χ2v) is 7.49. The molecule has 140 valence electrons. The maximum absolute atomic E-state index is 12.1. The largest absolute Gasteiger partial charge is 0.493 e. The van der Waals surface area contributed by atoms with E-state index in [1.54, 1.807) is 0 Å². The molecule has 1 aliphatic rings. The van der Waals surface area contributed by atoms with Crippen molar-refractivity contribution in [3.8, 4) is 5.75 Å². The van der Waals surface area contributed by atoms with Gasteiger partial charge < -0.3 is 14.8 Å². The molecule has 1 aromatic carbocycles. The number of amides is 1. The molecule has 1 aliphatic heterocycles. The van der Waals surface area contributed by atoms with Crippen LogP contribution in [0.25, 0.3) is 0 Å². The maximum atomic E-state index is 12.1. The number of carbonyl (C=O) groups is 1. The fourth-order valence-electron chi connectivity index (χ4n) is 2.87. The Balaban J connectivity index is 1.65. The molecule has 1 N–H and O–H groups in total. The third kappa shape index (κ3) is 6.49. The first-order chi connectivity index (χ1) is 11.9. The predicted molar refractivity (Wildman–Crippen MR) is 100 cm³/mol. The van der Waals surface area contributed by atoms with E-state index in [1.165, 1.54) is 0 Å². The van der Waals surface area contributed by atoms with Crippen LogP contribution in [0.1, 0.15) is 32.3 Å². The molecule has 0 spiro atoms. The molecule has 5 nitrogen and oxygen atoms in total. The second-order valence-electron chi connectivity index (χ2n) is 7.05. The number of carbonyl (C=O) groups excluding carboxylic acids is 1. The average molecular weight is 369 g/mol. The first-order valence-corrected chi connectivity index (χ1v) is 9.25. The predicted octanol–water partition coefficient (Wildman–Crippen LogP) is 3.03. The minimum Gasteiger partial charge on any atom is -0.493 e. The van der Waals surface area contributed by atoms with E-state index in [-0.39, 0.29) is 11.4 Å². The van der Waals surface area contributed by atoms with Crippen LogP contribution in [-0.4, -0.2) is 55.8 Å². The Hall–Kier alpha value is -1.30. The van der Waals surface area contributed by atoms with Crippen LogP contribution >= 0.6 is 11.6 Å². The Morgan fingerprint density at radius 3 is 2.76 bits per heavy atom. The Kier molecular flexibility index (Phi) is 7.54. The van der Waals surface area contributed by atoms with E-state index in [0.29, 0.717) is 31.0 Å². The van der Waals surface area contributed by atoms with E-state index >= 15 is 0 Å². The standard InChI is InChI=1S/C19H29ClN2O3/c1-15-13-16(20)6-7-17(15)25-10-4-5-18(23)21-14-19(2,3)22-8-11-24-12-9-22/h6-7,13H,4-5,8-12,14H2,1-3H3,(H,21,23). The molecule has 25 heavy (non-hydrogen) atoms. The van der Waals surface area contributed by atoms with Gasteiger partial charge in [-0.2, -0.15) is 0 Å². The van der Waals surface area contributed by atoms with Gasteiger partial charge in [0, 0.05) is 36.6 Å². The van der Waals surface area contributed by atoms with Gasteiger partial charge in [-0.05, 0) is 51.0 Å². The zero-order valence-electron chi connectivity index (χ0n) is 15.4. The summed E-state index contributed by atoms with van der Waals surface area (Å²) < 4.78 is 11.1. The van der Waals surface area contributed by atoms with Gasteiger partial charge in [0.05, 0.1) is 19.8 Å². The van der Waals surface area contributed by atoms with Crippen molar-refractivity contribution in [2.45, 2.75) is 39.2 Å². The van der Waals surface area contributed by atoms with Crippen molar-refractivity contribution in [1.82, 2.24) is 10.2 Å². The Morgan fingerprint density at radius 1 is 1.36 bits per heavy atom. The molecule has 0 atom stereocenters. The highest BCUT2D eigenvalue weighted by Crippen LogP contribution is 2.22. The fraction of sp³-hybridized carbons (Fsp3) is 0.632. The fourth-order valence-corrected chi connectivity index (χ4v) is 3.10. The smallest absolute Gasteiger partial charge is 0.220 e. The number of aryl methyl sites for hydroxylation is 1. The van der Waals surface area contributed by atoms with E-state index in [1.807, 2.05) is 25.1 Å². The van der Waals surface area contributed by atoms with E-state index in [0.717, 1.165) is 37.6 Å². The number of ether oxygens (including phenoxy) is 2. The highest BCUT2D eigenvalue weighted by atomic mass is 35.5. The summed E-state index contributed by atoms with van der Waals surface area (Å²) in [5.41, 5.74) is 0.945. The summed E-state index contributed by atoms with van der Waals surface area (Å²) in [7, 11) is 0. The molecule has 0 saturated carbocycles. The van der Waals surface area contributed by atoms with Gasteiger partial charge in [-0.25, -0.2) is 0 Å². The lowest BCUT2D eigenvalue weighted by Crippen LogP contribution is -2.55. The lowest BCUT2D eigenvalue weighted by Gasteiger charge is -2.40. The van der Waals surface area contributed by atoms with Crippen LogP contribution in [0.4, 0.5) is 0 Å². The molecule has 2 rings (SSSR count). The van der Waals surface area contributed by atoms with Gasteiger partial charge in [0.25, 0.3) is 0 Å². The molecular formula is C19H29ClN2O3. The van der Waals surface area contributed by atoms with E-state index in [9.17, 15) is 4.79 Å². The van der Waals surface area contributed by atoms with Crippen molar-refractivity contribution in [3.63, 3.8) is 0 Å². The van der Waals surface area contributed by atoms with Crippen molar-refractivity contribution < 1.29 is 14.3 Å². The first kappa shape index (κ1) is 20.0. The van der Waals surface area contributed by atoms with Crippen molar-refractivity contribution >= 4 is 17.5 Å². The summed E-state index contributed by atoms with van der Waals surface area (Å²) in [5, 5.41) is 3.74. The molecule has 0 radical (unpaired) electrons. The van der Waals surface area contributed by atoms with Crippen LogP contribution in [0, 0.1) is 6.92 Å². The second kappa shape index (κ2) is 9.41. The zero-order chi connectivity index (χ0) is 18.3. The van der Waals surface area contributed by atoms with Crippen LogP contribution < -0.4 is 10.1 Å². The van der Waals surface area contributed by atoms with Crippen molar-refractivity contribution in [3.05, 3.63) is 28.8 Å². The number of morpholine rings is 1. The molecule has 1 aromatic rings. The Morgan fingerprint density at radius 2 is 2.08 bits per heavy atom. The average Bonchev–Trinajstić information content (AvgIpc) is 2.59. The quantitative estimate of drug-likeness (QED) is 0.716. The van der Waals surface area contributed by atoms with Gasteiger partial charge in [-0.1, -0.05) is 11.6 Å². The molecule has 0 aromatic heterocycles. The number of benzene rings is 1. The number of nitrogens with one attached hydrogen (secondary N) is 1. The van der Waals surface area contributed by atoms with Gasteiger partial charge in [-0.3, -0.25) is 9.69 Å². The minimum absolute atomic E-state index is 0.0592. The van der Waals surface area contributed by atoms with Gasteiger partial charge in [-0.15, -0.1) is 0 Å². The topological polar surface area (TPSA) is 50.8 Å². The highest BCUT2D eigenvalue weighted by Gasteiger charge is 2.28. The van der Waals surface area contributed by atoms with Crippen LogP contribution in [0.5, 0.6) is 5.75 Å². The van der Waals surface area contributed by atoms with Crippen LogP contribution in [0.3, 0.4) is 0 Å². The van der Waals surface area contributed by atoms with Crippen molar-refractivity contribution in [2.75, 3.05) is 39.5 Å². The molecule has 0 aliphatic carbocycles. The molecular weight excluding hydrogens is 340 g/mol. The van der Waals surface area contributed by atoms with Crippen LogP contribution in [-0.2, 0) is 9.53 Å². The van der Waals surface area contributed by atoms with Gasteiger partial charge in [0.2, 0.25) is 5.91 Å². The van der Waals surface area contributed by atoms with E-state index in [4.69, 9.17) is 21.1 Å². The van der Waals surface area contributed by atoms with E-state index < -0.39 is 0 Å². The highest BCUT2D eigenvalue weighted by molar-refractivity contribution is 6.30. The third-order valence-corrected chi connectivity index (χ3v) is 4.76. The maximum Gasteiger partial charge on any atom is 0.220 e. The van der Waals surface area contributed by atoms with E-state index in [2.05, 4.69) is 24.1 Å². The third-order valence-electron chi connectivity index (χ3n) is 4.53. The van der Waals surface area contributed by atoms with Gasteiger partial charge in [0.1, 0.15) is 5.75 Å². The molecule has 1 fully saturated rings. The SMILES string of the molecule is Cc1cc(Cl)ccc1OCCCC(=O)NCC(C)(C)N1CCOCC1. The van der Waals surface area contributed by atoms with Crippen molar-refractivity contribution in [1.29, 1.82) is 0 Å². The monoisotopic (exact) mass is 368 g/mol. The number of rotatable bonds is 8. The molecule has 0 bridgehead atoms. The summed E-state index contributed by atoms with van der Waals surface area (Å²) in [4.78, 5) is 14.4. The first-order valence-electron chi connectivity index (χ1n) is 8.87. The summed E-state index contributed by atoms with van der Waals surface area (Å²) in [6, 6.07) is 5.55. The lowest BCUT2D eigenvalue weighted by molar-refractivity contribution is -0.122. The van der Waals surface area contributed by atoms with Crippen LogP contribution in [0.2, 0.25) is 5.02 Å². The molecule has 1 heterocycles. The zero-order valence-corrected chi connectivity index (χ0v) is 16.2.